The lowest BCUT2D eigenvalue weighted by molar-refractivity contribution is -0.144. The van der Waals surface area contributed by atoms with E-state index in [1.807, 2.05) is 42.5 Å². The van der Waals surface area contributed by atoms with Gasteiger partial charge in [-0.2, -0.15) is 0 Å². The van der Waals surface area contributed by atoms with E-state index < -0.39 is 144 Å². The summed E-state index contributed by atoms with van der Waals surface area (Å²) < 4.78 is 0. The number of aliphatic hydroxyl groups excluding tert-OH is 1. The lowest BCUT2D eigenvalue weighted by Crippen LogP contribution is -2.61. The number of fused-ring (bicyclic) bond motifs is 1. The van der Waals surface area contributed by atoms with Gasteiger partial charge >= 0.3 is 5.97 Å². The van der Waals surface area contributed by atoms with Crippen LogP contribution in [-0.4, -0.2) is 210 Å². The van der Waals surface area contributed by atoms with Crippen LogP contribution >= 0.6 is 11.6 Å². The first-order valence-electron chi connectivity index (χ1n) is 37.0. The number of hydrogen-bond donors (Lipinski definition) is 14. The zero-order chi connectivity index (χ0) is 80.4. The number of nitrogens with two attached hydrogens (primary N) is 1. The minimum atomic E-state index is -1.85. The number of carbonyl (C=O) groups is 13. The molecule has 15 N–H and O–H groups in total. The average Bonchev–Trinajstić information content (AvgIpc) is 1.69. The molecular weight excluding hydrogens is 1450 g/mol. The van der Waals surface area contributed by atoms with Crippen LogP contribution in [0.2, 0.25) is 5.02 Å². The van der Waals surface area contributed by atoms with Gasteiger partial charge in [0, 0.05) is 88.0 Å². The molecule has 1 aliphatic heterocycles. The summed E-state index contributed by atoms with van der Waals surface area (Å²) in [6, 6.07) is 8.82. The molecule has 1 saturated heterocycles. The fraction of sp³-hybridized carbons (Fsp3) is 0.455. The number of carboxylic acids is 1. The number of carboxylic acid groups (broad SMARTS) is 1. The van der Waals surface area contributed by atoms with Gasteiger partial charge in [0.25, 0.3) is 11.8 Å². The number of pyridine rings is 1. The smallest absolute Gasteiger partial charge is 0.325 e. The van der Waals surface area contributed by atoms with E-state index in [0.29, 0.717) is 41.0 Å². The number of rotatable bonds is 44. The number of nitrogens with one attached hydrogen (secondary N) is 11. The summed E-state index contributed by atoms with van der Waals surface area (Å²) in [5, 5.41) is 52.3. The Balaban J connectivity index is 1.15. The Kier molecular flexibility index (Phi) is 35.1. The summed E-state index contributed by atoms with van der Waals surface area (Å²) >= 11 is 6.25. The molecule has 0 aliphatic carbocycles. The number of amides is 12. The van der Waals surface area contributed by atoms with Crippen LogP contribution in [0.3, 0.4) is 0 Å². The Labute approximate surface area is 647 Å². The number of aliphatic hydroxyl groups is 1. The Morgan fingerprint density at radius 2 is 0.982 bits per heavy atom. The van der Waals surface area contributed by atoms with Crippen LogP contribution in [-0.2, 0) is 72.0 Å². The maximum atomic E-state index is 15.1. The Hall–Kier alpha value is -11.4. The van der Waals surface area contributed by atoms with Crippen molar-refractivity contribution in [3.63, 3.8) is 0 Å². The number of halogens is 1. The first-order chi connectivity index (χ1) is 53.3. The van der Waals surface area contributed by atoms with Crippen molar-refractivity contribution in [2.24, 2.45) is 11.7 Å². The van der Waals surface area contributed by atoms with E-state index in [1.54, 1.807) is 50.2 Å². The second-order valence-electron chi connectivity index (χ2n) is 27.5. The van der Waals surface area contributed by atoms with Crippen molar-refractivity contribution in [1.29, 1.82) is 0 Å². The molecule has 33 nitrogen and oxygen atoms in total. The molecule has 7 rings (SSSR count). The zero-order valence-corrected chi connectivity index (χ0v) is 63.2. The highest BCUT2D eigenvalue weighted by Crippen LogP contribution is 2.23. The van der Waals surface area contributed by atoms with Crippen molar-refractivity contribution in [3.05, 3.63) is 162 Å². The molecule has 34 heteroatoms. The standard InChI is InChI=1S/C77H99ClN18O15/c1-46(2)37-58(70(103)91-57(20-7-10-28-79)76(109)96-36-14-21-65(96)75(108)87-47(3)77(110)111)92-69(102)56(19-9-12-31-86-67(100)63-44-82-33-35-84-63)89-68(101)55(18-8-11-30-85-66(99)62-43-81-32-34-83-62)90-74(107)64(45-97)95-73(106)61(41-51-15-13-29-80-42-51)94-72(105)60(39-49-23-26-54(78)27-24-49)93-71(104)59(88-48(4)98)40-50-22-25-52-16-5-6-17-53(52)38-50/h5-6,13,15-17,22-27,29,32-35,38,42-44,46-47,55-61,64-65,97H,7-12,14,18-21,28,30-31,36-37,39-41,45,79H2,1-4H3,(H,85,99)(H,86,100)(H,87,108)(H,88,98)(H,89,101)(H,90,107)(H,91,103)(H,92,102)(H,93,104)(H,94,105)(H,95,106)(H,110,111)/t47-,55-,56-,57-,58-,59-,60-,61-,64-,65+/m0/s1. The van der Waals surface area contributed by atoms with Crippen LogP contribution in [0.4, 0.5) is 0 Å². The molecule has 6 aromatic rings. The van der Waals surface area contributed by atoms with Crippen molar-refractivity contribution < 1.29 is 72.5 Å². The highest BCUT2D eigenvalue weighted by Gasteiger charge is 2.40. The molecule has 1 aliphatic rings. The van der Waals surface area contributed by atoms with Gasteiger partial charge in [0.2, 0.25) is 59.1 Å². The summed E-state index contributed by atoms with van der Waals surface area (Å²) in [7, 11) is 0. The predicted molar refractivity (Wildman–Crippen MR) is 408 cm³/mol. The first-order valence-corrected chi connectivity index (χ1v) is 37.4. The fourth-order valence-corrected chi connectivity index (χ4v) is 12.5. The van der Waals surface area contributed by atoms with Gasteiger partial charge in [-0.25, -0.2) is 9.97 Å². The van der Waals surface area contributed by atoms with Crippen molar-refractivity contribution in [2.75, 3.05) is 32.8 Å². The molecule has 0 bridgehead atoms. The maximum Gasteiger partial charge on any atom is 0.325 e. The van der Waals surface area contributed by atoms with E-state index in [1.165, 1.54) is 68.3 Å². The van der Waals surface area contributed by atoms with Crippen LogP contribution in [0.25, 0.3) is 10.8 Å². The van der Waals surface area contributed by atoms with Crippen LogP contribution in [0.1, 0.15) is 142 Å². The number of nitrogens with zero attached hydrogens (tertiary/aromatic N) is 6. The molecule has 0 unspecified atom stereocenters. The van der Waals surface area contributed by atoms with E-state index in [2.05, 4.69) is 83.4 Å². The molecule has 0 saturated carbocycles. The summed E-state index contributed by atoms with van der Waals surface area (Å²) in [5.41, 5.74) is 7.57. The normalized spacial score (nSPS) is 14.9. The molecule has 111 heavy (non-hydrogen) atoms. The lowest BCUT2D eigenvalue weighted by atomic mass is 9.99. The quantitative estimate of drug-likeness (QED) is 0.0240. The van der Waals surface area contributed by atoms with E-state index in [4.69, 9.17) is 17.3 Å². The fourth-order valence-electron chi connectivity index (χ4n) is 12.4. The molecule has 0 spiro atoms. The van der Waals surface area contributed by atoms with E-state index in [9.17, 15) is 63.0 Å². The summed E-state index contributed by atoms with van der Waals surface area (Å²) in [6.45, 7) is 5.51. The minimum absolute atomic E-state index is 0.000474. The number of carbonyl (C=O) groups excluding carboxylic acids is 12. The number of hydrogen-bond acceptors (Lipinski definition) is 20. The van der Waals surface area contributed by atoms with Crippen molar-refractivity contribution in [1.82, 2.24) is 88.3 Å². The Morgan fingerprint density at radius 1 is 0.505 bits per heavy atom. The summed E-state index contributed by atoms with van der Waals surface area (Å²) in [6.07, 6.45) is 12.4. The molecular formula is C77H99ClN18O15. The summed E-state index contributed by atoms with van der Waals surface area (Å²) in [4.78, 5) is 203. The van der Waals surface area contributed by atoms with Crippen LogP contribution in [0.15, 0.2) is 128 Å². The van der Waals surface area contributed by atoms with E-state index >= 15 is 9.59 Å². The zero-order valence-electron chi connectivity index (χ0n) is 62.5. The van der Waals surface area contributed by atoms with Crippen molar-refractivity contribution in [3.8, 4) is 0 Å². The molecule has 12 amide bonds. The van der Waals surface area contributed by atoms with Crippen LogP contribution < -0.4 is 64.2 Å². The lowest BCUT2D eigenvalue weighted by Gasteiger charge is -2.31. The predicted octanol–water partition coefficient (Wildman–Crippen LogP) is 1.34. The number of aromatic nitrogens is 5. The van der Waals surface area contributed by atoms with Gasteiger partial charge in [0.1, 0.15) is 71.8 Å². The molecule has 594 valence electrons. The van der Waals surface area contributed by atoms with Gasteiger partial charge in [0.15, 0.2) is 0 Å². The largest absolute Gasteiger partial charge is 0.480 e. The average molecular weight is 1550 g/mol. The third-order valence-electron chi connectivity index (χ3n) is 18.3. The van der Waals surface area contributed by atoms with Gasteiger partial charge < -0.3 is 79.3 Å². The Bertz CT molecular complexity index is 4130. The van der Waals surface area contributed by atoms with Gasteiger partial charge in [-0.05, 0) is 142 Å². The van der Waals surface area contributed by atoms with E-state index in [0.717, 1.165) is 10.8 Å². The number of unbranched alkanes of at least 4 members (excludes halogenated alkanes) is 3. The number of aliphatic carboxylic acids is 1. The van der Waals surface area contributed by atoms with Gasteiger partial charge in [-0.15, -0.1) is 0 Å². The van der Waals surface area contributed by atoms with Crippen molar-refractivity contribution in [2.45, 2.75) is 184 Å². The molecule has 10 atom stereocenters. The number of benzene rings is 3. The van der Waals surface area contributed by atoms with E-state index in [-0.39, 0.29) is 121 Å². The molecule has 3 aromatic heterocycles. The van der Waals surface area contributed by atoms with Gasteiger partial charge in [-0.3, -0.25) is 77.3 Å². The first kappa shape index (κ1) is 86.8. The third kappa shape index (κ3) is 28.5. The van der Waals surface area contributed by atoms with Crippen LogP contribution in [0.5, 0.6) is 0 Å². The maximum absolute atomic E-state index is 15.1. The highest BCUT2D eigenvalue weighted by atomic mass is 35.5. The van der Waals surface area contributed by atoms with Gasteiger partial charge in [0.05, 0.1) is 19.0 Å². The third-order valence-corrected chi connectivity index (χ3v) is 18.5. The topological polar surface area (TPSA) is 488 Å². The van der Waals surface area contributed by atoms with Gasteiger partial charge in [-0.1, -0.05) is 86.1 Å². The highest BCUT2D eigenvalue weighted by molar-refractivity contribution is 6.30. The SMILES string of the molecule is CC(=O)N[C@@H](Cc1ccc2ccccc2c1)C(=O)N[C@@H](Cc1ccc(Cl)cc1)C(=O)N[C@@H](Cc1cccnc1)C(=O)N[C@@H](CO)C(=O)N[C@@H](CCCCNC(=O)c1cnccn1)C(=O)N[C@@H](CCCCNC(=O)c1cnccn1)C(=O)N[C@@H](CC(C)C)C(=O)N[C@@H](CCCCN)C(=O)N1CCC[C@@H]1C(=O)N[C@@H](C)C(=O)O. The molecule has 4 heterocycles. The molecule has 3 aromatic carbocycles. The Morgan fingerprint density at radius 3 is 1.51 bits per heavy atom. The molecule has 0 radical (unpaired) electrons. The monoisotopic (exact) mass is 1550 g/mol. The van der Waals surface area contributed by atoms with Crippen molar-refractivity contribution >= 4 is 99.2 Å². The second kappa shape index (κ2) is 44.9. The minimum Gasteiger partial charge on any atom is -0.480 e. The molecule has 1 fully saturated rings. The number of likely N-dealkylation sites (tertiary alicyclic amines) is 1. The second-order valence-corrected chi connectivity index (χ2v) is 27.9. The summed E-state index contributed by atoms with van der Waals surface area (Å²) in [5.74, 6) is -10.9. The van der Waals surface area contributed by atoms with Crippen LogP contribution in [0, 0.1) is 5.92 Å².